The molecule has 0 saturated heterocycles. The summed E-state index contributed by atoms with van der Waals surface area (Å²) in [6.07, 6.45) is -2.85. The second-order valence-electron chi connectivity index (χ2n) is 10.1. The maximum atomic E-state index is 14.2. The van der Waals surface area contributed by atoms with E-state index in [4.69, 9.17) is 0 Å². The predicted molar refractivity (Wildman–Crippen MR) is 125 cm³/mol. The first-order valence-corrected chi connectivity index (χ1v) is 12.6. The molecule has 10 heteroatoms. The monoisotopic (exact) mass is 507 g/mol. The fourth-order valence-electron chi connectivity index (χ4n) is 4.16. The molecule has 1 aliphatic rings. The van der Waals surface area contributed by atoms with Crippen LogP contribution in [0.15, 0.2) is 42.6 Å². The summed E-state index contributed by atoms with van der Waals surface area (Å²) in [5.74, 6) is -0.545. The van der Waals surface area contributed by atoms with Crippen LogP contribution in [0, 0.1) is 22.6 Å². The summed E-state index contributed by atoms with van der Waals surface area (Å²) >= 11 is 0. The smallest absolute Gasteiger partial charge is 0.347 e. The third-order valence-electron chi connectivity index (χ3n) is 5.85. The van der Waals surface area contributed by atoms with Gasteiger partial charge in [0.1, 0.15) is 11.9 Å². The van der Waals surface area contributed by atoms with Gasteiger partial charge in [0, 0.05) is 34.8 Å². The largest absolute Gasteiger partial charge is 0.408 e. The van der Waals surface area contributed by atoms with E-state index in [2.05, 4.69) is 0 Å². The molecule has 0 aliphatic heterocycles. The van der Waals surface area contributed by atoms with Crippen LogP contribution in [0.5, 0.6) is 0 Å². The maximum Gasteiger partial charge on any atom is 0.408 e. The molecule has 1 N–H and O–H groups in total. The van der Waals surface area contributed by atoms with Gasteiger partial charge in [-0.2, -0.15) is 23.2 Å². The van der Waals surface area contributed by atoms with Gasteiger partial charge in [0.15, 0.2) is 0 Å². The Morgan fingerprint density at radius 1 is 1.14 bits per heavy atom. The molecule has 1 aliphatic carbocycles. The molecule has 35 heavy (non-hydrogen) atoms. The highest BCUT2D eigenvalue weighted by Gasteiger charge is 2.47. The van der Waals surface area contributed by atoms with Crippen molar-refractivity contribution < 1.29 is 26.0 Å². The lowest BCUT2D eigenvalue weighted by Crippen LogP contribution is -2.39. The zero-order valence-corrected chi connectivity index (χ0v) is 20.3. The topological polar surface area (TPSA) is 74.9 Å². The first-order valence-electron chi connectivity index (χ1n) is 11.1. The average Bonchev–Trinajstić information content (AvgIpc) is 3.55. The summed E-state index contributed by atoms with van der Waals surface area (Å²) in [4.78, 5) is 0. The van der Waals surface area contributed by atoms with Gasteiger partial charge in [-0.15, -0.1) is 0 Å². The summed E-state index contributed by atoms with van der Waals surface area (Å²) < 4.78 is 84.9. The second kappa shape index (κ2) is 8.64. The number of hydrogen-bond donors (Lipinski definition) is 1. The highest BCUT2D eigenvalue weighted by atomic mass is 32.2. The van der Waals surface area contributed by atoms with Crippen LogP contribution in [-0.4, -0.2) is 24.4 Å². The summed E-state index contributed by atoms with van der Waals surface area (Å²) in [5.41, 5.74) is 0.937. The number of rotatable bonds is 6. The van der Waals surface area contributed by atoms with E-state index in [0.717, 1.165) is 0 Å². The second-order valence-corrected chi connectivity index (χ2v) is 12.1. The molecule has 186 valence electrons. The van der Waals surface area contributed by atoms with Crippen LogP contribution in [0.1, 0.15) is 50.8 Å². The van der Waals surface area contributed by atoms with E-state index >= 15 is 0 Å². The molecule has 1 saturated carbocycles. The summed E-state index contributed by atoms with van der Waals surface area (Å²) in [7, 11) is -4.13. The fourth-order valence-corrected chi connectivity index (χ4v) is 5.70. The van der Waals surface area contributed by atoms with Crippen molar-refractivity contribution in [2.45, 2.75) is 57.6 Å². The lowest BCUT2D eigenvalue weighted by Gasteiger charge is -2.22. The van der Waals surface area contributed by atoms with Gasteiger partial charge in [-0.1, -0.05) is 32.9 Å². The van der Waals surface area contributed by atoms with Gasteiger partial charge in [0.2, 0.25) is 10.0 Å². The van der Waals surface area contributed by atoms with Crippen molar-refractivity contribution in [2.75, 3.05) is 0 Å². The number of nitriles is 1. The van der Waals surface area contributed by atoms with Gasteiger partial charge < -0.3 is 4.57 Å². The number of aromatic nitrogens is 1. The Morgan fingerprint density at radius 3 is 2.40 bits per heavy atom. The minimum atomic E-state index is -4.86. The molecule has 0 amide bonds. The minimum Gasteiger partial charge on any atom is -0.347 e. The van der Waals surface area contributed by atoms with Crippen LogP contribution in [0.25, 0.3) is 22.0 Å². The molecule has 3 aromatic rings. The molecule has 4 rings (SSSR count). The van der Waals surface area contributed by atoms with Crippen molar-refractivity contribution in [3.8, 4) is 17.2 Å². The van der Waals surface area contributed by atoms with E-state index in [0.29, 0.717) is 36.0 Å². The van der Waals surface area contributed by atoms with Crippen molar-refractivity contribution in [3.05, 3.63) is 59.5 Å². The van der Waals surface area contributed by atoms with E-state index in [-0.39, 0.29) is 21.9 Å². The van der Waals surface area contributed by atoms with Gasteiger partial charge in [-0.3, -0.25) is 0 Å². The van der Waals surface area contributed by atoms with Gasteiger partial charge in [0.25, 0.3) is 0 Å². The van der Waals surface area contributed by atoms with Crippen molar-refractivity contribution in [3.63, 3.8) is 0 Å². The highest BCUT2D eigenvalue weighted by Crippen LogP contribution is 2.41. The van der Waals surface area contributed by atoms with E-state index in [9.17, 15) is 31.2 Å². The van der Waals surface area contributed by atoms with Gasteiger partial charge in [0.05, 0.1) is 16.9 Å². The molecule has 0 bridgehead atoms. The third-order valence-corrected chi connectivity index (χ3v) is 7.77. The Bertz CT molecular complexity index is 1430. The first-order chi connectivity index (χ1) is 16.2. The molecule has 1 atom stereocenters. The highest BCUT2D eigenvalue weighted by molar-refractivity contribution is 7.90. The van der Waals surface area contributed by atoms with Crippen LogP contribution >= 0.6 is 0 Å². The molecule has 1 aromatic heterocycles. The van der Waals surface area contributed by atoms with Crippen LogP contribution in [-0.2, 0) is 16.6 Å². The third kappa shape index (κ3) is 5.36. The Morgan fingerprint density at radius 2 is 1.83 bits per heavy atom. The number of sulfonamides is 1. The molecule has 0 spiro atoms. The zero-order chi connectivity index (χ0) is 25.8. The van der Waals surface area contributed by atoms with Crippen LogP contribution in [0.2, 0.25) is 0 Å². The molecule has 0 unspecified atom stereocenters. The number of alkyl halides is 3. The molecule has 0 radical (unpaired) electrons. The summed E-state index contributed by atoms with van der Waals surface area (Å²) in [6.45, 7) is 6.14. The lowest BCUT2D eigenvalue weighted by molar-refractivity contribution is -0.152. The Hall–Kier alpha value is -2.90. The van der Waals surface area contributed by atoms with E-state index in [1.807, 2.05) is 31.6 Å². The lowest BCUT2D eigenvalue weighted by atomic mass is 9.96. The predicted octanol–water partition coefficient (Wildman–Crippen LogP) is 6.05. The molecule has 1 heterocycles. The standard InChI is InChI=1S/C25H25F4N3O2S/c1-24(2,3)14-32-13-21(23(25(27,28)29)31-35(33,34)18-7-8-18)19-9-5-15(10-22(19)32)20-11-17(26)6-4-16(20)12-30/h4-6,9-11,13,18,23,31H,7-8,14H2,1-3H3/t23-/m0/s1. The van der Waals surface area contributed by atoms with E-state index in [1.165, 1.54) is 36.5 Å². The SMILES string of the molecule is CC(C)(C)Cn1cc([C@H](NS(=O)(=O)C2CC2)C(F)(F)F)c2ccc(-c3cc(F)ccc3C#N)cc21. The number of fused-ring (bicyclic) bond motifs is 1. The molecule has 2 aromatic carbocycles. The fraction of sp³-hybridized carbons (Fsp3) is 0.400. The van der Waals surface area contributed by atoms with E-state index in [1.54, 1.807) is 10.6 Å². The number of benzene rings is 2. The van der Waals surface area contributed by atoms with Crippen molar-refractivity contribution in [2.24, 2.45) is 5.41 Å². The first kappa shape index (κ1) is 25.2. The van der Waals surface area contributed by atoms with E-state index < -0.39 is 33.3 Å². The minimum absolute atomic E-state index is 0.202. The molecular weight excluding hydrogens is 482 g/mol. The average molecular weight is 508 g/mol. The molecule has 1 fully saturated rings. The number of nitrogens with zero attached hydrogens (tertiary/aromatic N) is 2. The number of nitrogens with one attached hydrogen (secondary N) is 1. The van der Waals surface area contributed by atoms with Gasteiger partial charge >= 0.3 is 6.18 Å². The van der Waals surface area contributed by atoms with Crippen LogP contribution in [0.3, 0.4) is 0 Å². The van der Waals surface area contributed by atoms with Crippen molar-refractivity contribution >= 4 is 20.9 Å². The summed E-state index contributed by atoms with van der Waals surface area (Å²) in [5, 5.41) is 8.87. The normalized spacial score (nSPS) is 15.8. The van der Waals surface area contributed by atoms with Gasteiger partial charge in [-0.25, -0.2) is 12.8 Å². The van der Waals surface area contributed by atoms with Crippen LogP contribution in [0.4, 0.5) is 17.6 Å². The zero-order valence-electron chi connectivity index (χ0n) is 19.4. The molecule has 5 nitrogen and oxygen atoms in total. The number of hydrogen-bond acceptors (Lipinski definition) is 3. The number of halogens is 4. The van der Waals surface area contributed by atoms with Gasteiger partial charge in [-0.05, 0) is 48.1 Å². The maximum absolute atomic E-state index is 14.2. The quantitative estimate of drug-likeness (QED) is 0.413. The van der Waals surface area contributed by atoms with Crippen LogP contribution < -0.4 is 4.72 Å². The Balaban J connectivity index is 1.92. The van der Waals surface area contributed by atoms with Crippen molar-refractivity contribution in [1.82, 2.24) is 9.29 Å². The van der Waals surface area contributed by atoms with Crippen molar-refractivity contribution in [1.29, 1.82) is 5.26 Å². The summed E-state index contributed by atoms with van der Waals surface area (Å²) in [6, 6.07) is 7.92. The molecular formula is C25H25F4N3O2S. The Kier molecular flexibility index (Phi) is 6.22. The Labute approximate surface area is 201 Å².